The smallest absolute Gasteiger partial charge is 0.185 e. The summed E-state index contributed by atoms with van der Waals surface area (Å²) in [6.07, 6.45) is 1.47. The molecular formula is C6H10N2O2. The molecule has 4 heteroatoms. The van der Waals surface area contributed by atoms with Crippen LogP contribution in [0.15, 0.2) is 10.7 Å². The van der Waals surface area contributed by atoms with Gasteiger partial charge in [0, 0.05) is 6.61 Å². The lowest BCUT2D eigenvalue weighted by atomic mass is 10.4. The fourth-order valence-corrected chi connectivity index (χ4v) is 0.576. The highest BCUT2D eigenvalue weighted by molar-refractivity contribution is 5.37. The second-order valence-electron chi connectivity index (χ2n) is 1.84. The van der Waals surface area contributed by atoms with Crippen molar-refractivity contribution in [1.29, 1.82) is 0 Å². The average molecular weight is 142 g/mol. The summed E-state index contributed by atoms with van der Waals surface area (Å²) in [7, 11) is 0. The first kappa shape index (κ1) is 7.08. The third kappa shape index (κ3) is 1.48. The number of aromatic nitrogens is 1. The lowest BCUT2D eigenvalue weighted by Crippen LogP contribution is -1.93. The highest BCUT2D eigenvalue weighted by atomic mass is 16.5. The Kier molecular flexibility index (Phi) is 2.28. The third-order valence-electron chi connectivity index (χ3n) is 1.11. The van der Waals surface area contributed by atoms with Crippen LogP contribution in [0.4, 0.5) is 5.69 Å². The summed E-state index contributed by atoms with van der Waals surface area (Å²) in [5.74, 6) is 0.599. The molecule has 4 nitrogen and oxygen atoms in total. The maximum absolute atomic E-state index is 5.45. The van der Waals surface area contributed by atoms with Crippen LogP contribution in [-0.2, 0) is 11.3 Å². The van der Waals surface area contributed by atoms with Crippen LogP contribution in [0.25, 0.3) is 0 Å². The molecule has 0 aromatic carbocycles. The summed E-state index contributed by atoms with van der Waals surface area (Å²) in [5, 5.41) is 3.49. The van der Waals surface area contributed by atoms with E-state index in [1.807, 2.05) is 6.92 Å². The summed E-state index contributed by atoms with van der Waals surface area (Å²) < 4.78 is 9.81. The lowest BCUT2D eigenvalue weighted by molar-refractivity contribution is 0.113. The number of rotatable bonds is 3. The minimum absolute atomic E-state index is 0.405. The Hall–Kier alpha value is -1.03. The number of nitrogen functional groups attached to an aromatic ring is 1. The summed E-state index contributed by atoms with van der Waals surface area (Å²) in [4.78, 5) is 0. The van der Waals surface area contributed by atoms with E-state index in [2.05, 4.69) is 5.16 Å². The van der Waals surface area contributed by atoms with Crippen molar-refractivity contribution in [3.05, 3.63) is 12.0 Å². The molecular weight excluding hydrogens is 132 g/mol. The van der Waals surface area contributed by atoms with Gasteiger partial charge in [0.05, 0.1) is 11.9 Å². The molecule has 0 aliphatic rings. The summed E-state index contributed by atoms with van der Waals surface area (Å²) >= 11 is 0. The first-order valence-electron chi connectivity index (χ1n) is 3.11. The van der Waals surface area contributed by atoms with Gasteiger partial charge in [-0.1, -0.05) is 5.16 Å². The van der Waals surface area contributed by atoms with Gasteiger partial charge in [-0.15, -0.1) is 0 Å². The van der Waals surface area contributed by atoms with Crippen LogP contribution in [0.2, 0.25) is 0 Å². The molecule has 1 aromatic heterocycles. The Morgan fingerprint density at radius 1 is 1.80 bits per heavy atom. The minimum Gasteiger partial charge on any atom is -0.394 e. The Morgan fingerprint density at radius 3 is 3.10 bits per heavy atom. The van der Waals surface area contributed by atoms with Crippen LogP contribution in [-0.4, -0.2) is 11.8 Å². The Labute approximate surface area is 58.9 Å². The molecule has 0 saturated carbocycles. The van der Waals surface area contributed by atoms with Crippen LogP contribution in [0.3, 0.4) is 0 Å². The van der Waals surface area contributed by atoms with Gasteiger partial charge in [0.2, 0.25) is 0 Å². The Balaban J connectivity index is 2.49. The molecule has 1 heterocycles. The van der Waals surface area contributed by atoms with E-state index in [0.29, 0.717) is 24.7 Å². The lowest BCUT2D eigenvalue weighted by Gasteiger charge is -1.95. The summed E-state index contributed by atoms with van der Waals surface area (Å²) in [6, 6.07) is 0. The van der Waals surface area contributed by atoms with Crippen LogP contribution >= 0.6 is 0 Å². The van der Waals surface area contributed by atoms with E-state index < -0.39 is 0 Å². The van der Waals surface area contributed by atoms with Gasteiger partial charge in [0.15, 0.2) is 5.76 Å². The number of hydrogen-bond donors (Lipinski definition) is 1. The maximum atomic E-state index is 5.45. The minimum atomic E-state index is 0.405. The highest BCUT2D eigenvalue weighted by Gasteiger charge is 2.02. The number of nitrogens with zero attached hydrogens (tertiary/aromatic N) is 1. The zero-order chi connectivity index (χ0) is 7.40. The van der Waals surface area contributed by atoms with Crippen molar-refractivity contribution in [2.75, 3.05) is 12.3 Å². The van der Waals surface area contributed by atoms with Crippen LogP contribution < -0.4 is 5.73 Å². The molecule has 2 N–H and O–H groups in total. The molecule has 0 bridgehead atoms. The van der Waals surface area contributed by atoms with Gasteiger partial charge in [0.1, 0.15) is 6.61 Å². The maximum Gasteiger partial charge on any atom is 0.185 e. The first-order chi connectivity index (χ1) is 4.84. The molecule has 0 spiro atoms. The molecule has 1 rings (SSSR count). The molecule has 10 heavy (non-hydrogen) atoms. The topological polar surface area (TPSA) is 61.3 Å². The summed E-state index contributed by atoms with van der Waals surface area (Å²) in [5.41, 5.74) is 5.99. The molecule has 0 unspecified atom stereocenters. The summed E-state index contributed by atoms with van der Waals surface area (Å²) in [6.45, 7) is 2.97. The van der Waals surface area contributed by atoms with E-state index in [1.54, 1.807) is 0 Å². The van der Waals surface area contributed by atoms with Gasteiger partial charge in [0.25, 0.3) is 0 Å². The molecule has 0 aliphatic carbocycles. The van der Waals surface area contributed by atoms with Crippen molar-refractivity contribution < 1.29 is 9.26 Å². The Bertz CT molecular complexity index is 197. The monoisotopic (exact) mass is 142 g/mol. The fraction of sp³-hybridized carbons (Fsp3) is 0.500. The van der Waals surface area contributed by atoms with Crippen molar-refractivity contribution in [1.82, 2.24) is 5.16 Å². The average Bonchev–Trinajstić information content (AvgIpc) is 2.31. The largest absolute Gasteiger partial charge is 0.394 e. The molecule has 56 valence electrons. The van der Waals surface area contributed by atoms with Gasteiger partial charge in [-0.2, -0.15) is 0 Å². The standard InChI is InChI=1S/C6H10N2O2/c1-2-9-4-6-5(7)3-8-10-6/h3H,2,4,7H2,1H3. The molecule has 0 aliphatic heterocycles. The van der Waals surface area contributed by atoms with Crippen molar-refractivity contribution in [2.24, 2.45) is 0 Å². The van der Waals surface area contributed by atoms with Crippen molar-refractivity contribution >= 4 is 5.69 Å². The normalized spacial score (nSPS) is 10.1. The van der Waals surface area contributed by atoms with Gasteiger partial charge < -0.3 is 15.0 Å². The predicted octanol–water partition coefficient (Wildman–Crippen LogP) is 0.793. The second-order valence-corrected chi connectivity index (χ2v) is 1.84. The number of nitrogens with two attached hydrogens (primary N) is 1. The zero-order valence-electron chi connectivity index (χ0n) is 5.83. The molecule has 0 saturated heterocycles. The predicted molar refractivity (Wildman–Crippen MR) is 36.2 cm³/mol. The zero-order valence-corrected chi connectivity index (χ0v) is 5.83. The van der Waals surface area contributed by atoms with Crippen LogP contribution in [0.1, 0.15) is 12.7 Å². The van der Waals surface area contributed by atoms with Crippen LogP contribution in [0, 0.1) is 0 Å². The quantitative estimate of drug-likeness (QED) is 0.677. The van der Waals surface area contributed by atoms with E-state index in [4.69, 9.17) is 15.0 Å². The van der Waals surface area contributed by atoms with Crippen LogP contribution in [0.5, 0.6) is 0 Å². The van der Waals surface area contributed by atoms with E-state index >= 15 is 0 Å². The highest BCUT2D eigenvalue weighted by Crippen LogP contribution is 2.09. The fourth-order valence-electron chi connectivity index (χ4n) is 0.576. The molecule has 0 fully saturated rings. The third-order valence-corrected chi connectivity index (χ3v) is 1.11. The van der Waals surface area contributed by atoms with Gasteiger partial charge in [-0.25, -0.2) is 0 Å². The number of hydrogen-bond acceptors (Lipinski definition) is 4. The molecule has 0 amide bonds. The first-order valence-corrected chi connectivity index (χ1v) is 3.11. The van der Waals surface area contributed by atoms with E-state index in [0.717, 1.165) is 0 Å². The van der Waals surface area contributed by atoms with Crippen molar-refractivity contribution in [2.45, 2.75) is 13.5 Å². The van der Waals surface area contributed by atoms with Crippen molar-refractivity contribution in [3.63, 3.8) is 0 Å². The van der Waals surface area contributed by atoms with Gasteiger partial charge >= 0.3 is 0 Å². The number of ether oxygens (including phenoxy) is 1. The van der Waals surface area contributed by atoms with E-state index in [1.165, 1.54) is 6.20 Å². The van der Waals surface area contributed by atoms with E-state index in [-0.39, 0.29) is 0 Å². The molecule has 0 radical (unpaired) electrons. The van der Waals surface area contributed by atoms with Crippen molar-refractivity contribution in [3.8, 4) is 0 Å². The molecule has 0 atom stereocenters. The molecule has 1 aromatic rings. The van der Waals surface area contributed by atoms with Gasteiger partial charge in [-0.3, -0.25) is 0 Å². The Morgan fingerprint density at radius 2 is 2.60 bits per heavy atom. The SMILES string of the molecule is CCOCc1oncc1N. The second kappa shape index (κ2) is 3.22. The number of anilines is 1. The van der Waals surface area contributed by atoms with E-state index in [9.17, 15) is 0 Å². The van der Waals surface area contributed by atoms with Gasteiger partial charge in [-0.05, 0) is 6.92 Å².